The highest BCUT2D eigenvalue weighted by Crippen LogP contribution is 2.30. The molecule has 2 atom stereocenters. The number of hydrogen-bond acceptors (Lipinski definition) is 3. The first-order chi connectivity index (χ1) is 8.29. The van der Waals surface area contributed by atoms with Crippen LogP contribution in [0.1, 0.15) is 24.8 Å². The lowest BCUT2D eigenvalue weighted by atomic mass is 10.0. The van der Waals surface area contributed by atoms with Gasteiger partial charge in [-0.15, -0.1) is 0 Å². The summed E-state index contributed by atoms with van der Waals surface area (Å²) in [5.74, 6) is 2.10. The minimum absolute atomic E-state index is 0.149. The van der Waals surface area contributed by atoms with Gasteiger partial charge < -0.3 is 9.84 Å². The number of hydrogen-bond donors (Lipinski definition) is 1. The van der Waals surface area contributed by atoms with Gasteiger partial charge in [0.05, 0.1) is 13.2 Å². The highest BCUT2D eigenvalue weighted by atomic mass is 32.2. The van der Waals surface area contributed by atoms with Crippen molar-refractivity contribution in [2.45, 2.75) is 37.0 Å². The summed E-state index contributed by atoms with van der Waals surface area (Å²) in [6, 6.07) is 8.11. The van der Waals surface area contributed by atoms with Gasteiger partial charge in [0.2, 0.25) is 0 Å². The van der Waals surface area contributed by atoms with Crippen LogP contribution in [0.2, 0.25) is 0 Å². The molecule has 1 aliphatic heterocycles. The van der Waals surface area contributed by atoms with Crippen molar-refractivity contribution in [2.24, 2.45) is 0 Å². The summed E-state index contributed by atoms with van der Waals surface area (Å²) in [6.07, 6.45) is 4.10. The Bertz CT molecular complexity index is 331. The second-order valence-corrected chi connectivity index (χ2v) is 5.85. The van der Waals surface area contributed by atoms with Gasteiger partial charge in [-0.2, -0.15) is 11.8 Å². The minimum Gasteiger partial charge on any atom is -0.497 e. The lowest BCUT2D eigenvalue weighted by Gasteiger charge is -2.16. The molecule has 0 radical (unpaired) electrons. The van der Waals surface area contributed by atoms with Crippen LogP contribution in [0.4, 0.5) is 0 Å². The zero-order valence-corrected chi connectivity index (χ0v) is 11.1. The van der Waals surface area contributed by atoms with Gasteiger partial charge in [-0.1, -0.05) is 12.1 Å². The van der Waals surface area contributed by atoms with Crippen LogP contribution in [-0.2, 0) is 6.42 Å². The topological polar surface area (TPSA) is 29.5 Å². The van der Waals surface area contributed by atoms with E-state index in [-0.39, 0.29) is 6.10 Å². The first-order valence-electron chi connectivity index (χ1n) is 6.22. The number of methoxy groups -OCH3 is 1. The maximum atomic E-state index is 10.1. The molecule has 0 saturated carbocycles. The molecule has 1 saturated heterocycles. The van der Waals surface area contributed by atoms with Crippen molar-refractivity contribution in [3.63, 3.8) is 0 Å². The van der Waals surface area contributed by atoms with E-state index in [1.807, 2.05) is 23.9 Å². The van der Waals surface area contributed by atoms with Crippen LogP contribution in [0.3, 0.4) is 0 Å². The Labute approximate surface area is 107 Å². The number of aliphatic hydroxyl groups excluding tert-OH is 1. The highest BCUT2D eigenvalue weighted by Gasteiger charge is 2.23. The minimum atomic E-state index is -0.149. The standard InChI is InChI=1S/C14H20O2S/c1-16-12-7-4-11(5-8-12)6-9-13(15)14-3-2-10-17-14/h4-5,7-8,13-15H,2-3,6,9-10H2,1H3. The summed E-state index contributed by atoms with van der Waals surface area (Å²) in [6.45, 7) is 0. The SMILES string of the molecule is COc1ccc(CCC(O)C2CCCS2)cc1. The lowest BCUT2D eigenvalue weighted by molar-refractivity contribution is 0.160. The first-order valence-corrected chi connectivity index (χ1v) is 7.27. The molecule has 0 aliphatic carbocycles. The molecule has 0 aromatic heterocycles. The molecule has 0 spiro atoms. The Kier molecular flexibility index (Phi) is 4.75. The third kappa shape index (κ3) is 3.65. The molecule has 1 aromatic rings. The molecule has 2 unspecified atom stereocenters. The van der Waals surface area contributed by atoms with E-state index in [0.717, 1.165) is 18.6 Å². The van der Waals surface area contributed by atoms with E-state index in [9.17, 15) is 5.11 Å². The summed E-state index contributed by atoms with van der Waals surface area (Å²) in [4.78, 5) is 0. The zero-order valence-electron chi connectivity index (χ0n) is 10.3. The number of aliphatic hydroxyl groups is 1. The lowest BCUT2D eigenvalue weighted by Crippen LogP contribution is -2.21. The van der Waals surface area contributed by atoms with Gasteiger partial charge in [-0.3, -0.25) is 0 Å². The molecular formula is C14H20O2S. The van der Waals surface area contributed by atoms with E-state index in [4.69, 9.17) is 4.74 Å². The maximum absolute atomic E-state index is 10.1. The largest absolute Gasteiger partial charge is 0.497 e. The van der Waals surface area contributed by atoms with Gasteiger partial charge in [-0.25, -0.2) is 0 Å². The number of ether oxygens (including phenoxy) is 1. The number of thioether (sulfide) groups is 1. The van der Waals surface area contributed by atoms with E-state index in [0.29, 0.717) is 5.25 Å². The van der Waals surface area contributed by atoms with Gasteiger partial charge >= 0.3 is 0 Å². The van der Waals surface area contributed by atoms with E-state index in [1.54, 1.807) is 7.11 Å². The molecule has 94 valence electrons. The monoisotopic (exact) mass is 252 g/mol. The third-order valence-electron chi connectivity index (χ3n) is 3.28. The van der Waals surface area contributed by atoms with Crippen molar-refractivity contribution in [2.75, 3.05) is 12.9 Å². The van der Waals surface area contributed by atoms with Crippen LogP contribution < -0.4 is 4.74 Å². The molecule has 17 heavy (non-hydrogen) atoms. The van der Waals surface area contributed by atoms with Crippen molar-refractivity contribution in [1.82, 2.24) is 0 Å². The summed E-state index contributed by atoms with van der Waals surface area (Å²) < 4.78 is 5.12. The predicted molar refractivity (Wildman–Crippen MR) is 72.8 cm³/mol. The molecule has 1 fully saturated rings. The predicted octanol–water partition coefficient (Wildman–Crippen LogP) is 2.88. The second kappa shape index (κ2) is 6.31. The summed E-state index contributed by atoms with van der Waals surface area (Å²) >= 11 is 1.92. The van der Waals surface area contributed by atoms with Gasteiger partial charge in [0.15, 0.2) is 0 Å². The van der Waals surface area contributed by atoms with Gasteiger partial charge in [-0.05, 0) is 49.1 Å². The summed E-state index contributed by atoms with van der Waals surface area (Å²) in [5, 5.41) is 10.5. The van der Waals surface area contributed by atoms with Crippen molar-refractivity contribution < 1.29 is 9.84 Å². The van der Waals surface area contributed by atoms with Gasteiger partial charge in [0, 0.05) is 5.25 Å². The van der Waals surface area contributed by atoms with Crippen LogP contribution in [0.5, 0.6) is 5.75 Å². The molecule has 1 aliphatic rings. The molecule has 0 amide bonds. The van der Waals surface area contributed by atoms with Crippen molar-refractivity contribution in [3.05, 3.63) is 29.8 Å². The fraction of sp³-hybridized carbons (Fsp3) is 0.571. The van der Waals surface area contributed by atoms with Crippen LogP contribution in [0, 0.1) is 0 Å². The van der Waals surface area contributed by atoms with Crippen LogP contribution in [-0.4, -0.2) is 29.3 Å². The fourth-order valence-electron chi connectivity index (χ4n) is 2.20. The summed E-state index contributed by atoms with van der Waals surface area (Å²) in [7, 11) is 1.68. The number of aryl methyl sites for hydroxylation is 1. The van der Waals surface area contributed by atoms with E-state index >= 15 is 0 Å². The molecule has 2 nitrogen and oxygen atoms in total. The average Bonchev–Trinajstić information content (AvgIpc) is 2.90. The Balaban J connectivity index is 1.80. The maximum Gasteiger partial charge on any atom is 0.118 e. The Morgan fingerprint density at radius 3 is 2.76 bits per heavy atom. The van der Waals surface area contributed by atoms with E-state index in [2.05, 4.69) is 12.1 Å². The van der Waals surface area contributed by atoms with Crippen LogP contribution in [0.25, 0.3) is 0 Å². The first kappa shape index (κ1) is 12.8. The van der Waals surface area contributed by atoms with Crippen LogP contribution in [0.15, 0.2) is 24.3 Å². The smallest absolute Gasteiger partial charge is 0.118 e. The molecular weight excluding hydrogens is 232 g/mol. The molecule has 1 heterocycles. The van der Waals surface area contributed by atoms with Gasteiger partial charge in [0.1, 0.15) is 5.75 Å². The molecule has 2 rings (SSSR count). The molecule has 1 N–H and O–H groups in total. The second-order valence-electron chi connectivity index (χ2n) is 4.51. The molecule has 0 bridgehead atoms. The Hall–Kier alpha value is -0.670. The number of benzene rings is 1. The summed E-state index contributed by atoms with van der Waals surface area (Å²) in [5.41, 5.74) is 1.27. The Morgan fingerprint density at radius 1 is 1.41 bits per heavy atom. The fourth-order valence-corrected chi connectivity index (χ4v) is 3.53. The quantitative estimate of drug-likeness (QED) is 0.874. The zero-order chi connectivity index (χ0) is 12.1. The van der Waals surface area contributed by atoms with Crippen LogP contribution >= 0.6 is 11.8 Å². The van der Waals surface area contributed by atoms with Crippen molar-refractivity contribution >= 4 is 11.8 Å². The van der Waals surface area contributed by atoms with Gasteiger partial charge in [0.25, 0.3) is 0 Å². The average molecular weight is 252 g/mol. The van der Waals surface area contributed by atoms with E-state index < -0.39 is 0 Å². The molecule has 3 heteroatoms. The van der Waals surface area contributed by atoms with Crippen molar-refractivity contribution in [3.8, 4) is 5.75 Å². The number of rotatable bonds is 5. The Morgan fingerprint density at radius 2 is 2.18 bits per heavy atom. The third-order valence-corrected chi connectivity index (χ3v) is 4.78. The van der Waals surface area contributed by atoms with Crippen molar-refractivity contribution in [1.29, 1.82) is 0 Å². The highest BCUT2D eigenvalue weighted by molar-refractivity contribution is 8.00. The molecule has 1 aromatic carbocycles. The van der Waals surface area contributed by atoms with E-state index in [1.165, 1.54) is 24.2 Å². The normalized spacial score (nSPS) is 21.4.